The Labute approximate surface area is 83.4 Å². The average Bonchev–Trinajstić information content (AvgIpc) is 2.63. The Morgan fingerprint density at radius 2 is 2.71 bits per heavy atom. The molecule has 2 N–H and O–H groups in total. The van der Waals surface area contributed by atoms with Crippen LogP contribution in [0.3, 0.4) is 0 Å². The van der Waals surface area contributed by atoms with Crippen LogP contribution < -0.4 is 10.6 Å². The molecule has 2 heterocycles. The van der Waals surface area contributed by atoms with Crippen LogP contribution in [0.5, 0.6) is 0 Å². The summed E-state index contributed by atoms with van der Waals surface area (Å²) in [5.74, 6) is 0.904. The van der Waals surface area contributed by atoms with Crippen LogP contribution in [0.25, 0.3) is 0 Å². The predicted octanol–water partition coefficient (Wildman–Crippen LogP) is -0.180. The Morgan fingerprint density at radius 3 is 3.36 bits per heavy atom. The number of rotatable bonds is 3. The van der Waals surface area contributed by atoms with E-state index in [-0.39, 0.29) is 6.10 Å². The fourth-order valence-corrected chi connectivity index (χ4v) is 1.48. The van der Waals surface area contributed by atoms with Gasteiger partial charge < -0.3 is 15.4 Å². The summed E-state index contributed by atoms with van der Waals surface area (Å²) in [6, 6.07) is 1.95. The van der Waals surface area contributed by atoms with E-state index in [1.807, 2.05) is 19.3 Å². The molecule has 1 saturated heterocycles. The highest BCUT2D eigenvalue weighted by Crippen LogP contribution is 2.02. The molecule has 0 spiro atoms. The van der Waals surface area contributed by atoms with Gasteiger partial charge in [-0.15, -0.1) is 0 Å². The molecule has 0 saturated carbocycles. The number of aryl methyl sites for hydroxylation is 1. The molecule has 0 aliphatic carbocycles. The third-order valence-corrected chi connectivity index (χ3v) is 2.23. The summed E-state index contributed by atoms with van der Waals surface area (Å²) in [6.45, 7) is 3.48. The summed E-state index contributed by atoms with van der Waals surface area (Å²) in [6.07, 6.45) is 2.17. The molecule has 0 radical (unpaired) electrons. The van der Waals surface area contributed by atoms with Crippen LogP contribution in [0.4, 0.5) is 5.82 Å². The molecule has 0 bridgehead atoms. The molecular weight excluding hydrogens is 180 g/mol. The van der Waals surface area contributed by atoms with Crippen LogP contribution >= 0.6 is 0 Å². The van der Waals surface area contributed by atoms with Gasteiger partial charge in [0.05, 0.1) is 12.7 Å². The van der Waals surface area contributed by atoms with E-state index >= 15 is 0 Å². The van der Waals surface area contributed by atoms with E-state index in [1.54, 1.807) is 4.68 Å². The van der Waals surface area contributed by atoms with Crippen molar-refractivity contribution in [3.05, 3.63) is 12.3 Å². The first kappa shape index (κ1) is 9.48. The molecule has 5 nitrogen and oxygen atoms in total. The van der Waals surface area contributed by atoms with Gasteiger partial charge in [0.1, 0.15) is 5.82 Å². The summed E-state index contributed by atoms with van der Waals surface area (Å²) in [5, 5.41) is 10.7. The van der Waals surface area contributed by atoms with Gasteiger partial charge in [-0.2, -0.15) is 5.10 Å². The van der Waals surface area contributed by atoms with Crippen LogP contribution in [0.15, 0.2) is 12.3 Å². The fourth-order valence-electron chi connectivity index (χ4n) is 1.48. The topological polar surface area (TPSA) is 51.1 Å². The van der Waals surface area contributed by atoms with Gasteiger partial charge in [-0.05, 0) is 0 Å². The number of nitrogens with one attached hydrogen (secondary N) is 2. The van der Waals surface area contributed by atoms with E-state index in [2.05, 4.69) is 15.7 Å². The predicted molar refractivity (Wildman–Crippen MR) is 54.3 cm³/mol. The smallest absolute Gasteiger partial charge is 0.148 e. The monoisotopic (exact) mass is 196 g/mol. The van der Waals surface area contributed by atoms with E-state index in [0.717, 1.165) is 32.1 Å². The molecular formula is C9H16N4O. The molecule has 5 heteroatoms. The zero-order chi connectivity index (χ0) is 9.80. The Balaban J connectivity index is 1.76. The van der Waals surface area contributed by atoms with Crippen molar-refractivity contribution in [3.63, 3.8) is 0 Å². The van der Waals surface area contributed by atoms with Crippen molar-refractivity contribution in [3.8, 4) is 0 Å². The number of ether oxygens (including phenoxy) is 1. The lowest BCUT2D eigenvalue weighted by Crippen LogP contribution is -2.42. The van der Waals surface area contributed by atoms with Crippen LogP contribution in [-0.4, -0.2) is 42.1 Å². The van der Waals surface area contributed by atoms with Crippen molar-refractivity contribution in [1.29, 1.82) is 0 Å². The molecule has 1 fully saturated rings. The zero-order valence-corrected chi connectivity index (χ0v) is 8.36. The van der Waals surface area contributed by atoms with E-state index < -0.39 is 0 Å². The molecule has 78 valence electrons. The van der Waals surface area contributed by atoms with Gasteiger partial charge in [-0.1, -0.05) is 0 Å². The summed E-state index contributed by atoms with van der Waals surface area (Å²) < 4.78 is 7.33. The van der Waals surface area contributed by atoms with Crippen LogP contribution in [0, 0.1) is 0 Å². The molecule has 1 aromatic heterocycles. The lowest BCUT2D eigenvalue weighted by molar-refractivity contribution is 0.0372. The maximum absolute atomic E-state index is 5.55. The molecule has 1 aliphatic heterocycles. The number of aromatic nitrogens is 2. The van der Waals surface area contributed by atoms with Crippen molar-refractivity contribution < 1.29 is 4.74 Å². The van der Waals surface area contributed by atoms with Gasteiger partial charge >= 0.3 is 0 Å². The SMILES string of the molecule is Cn1ccc(NCC2CNCCO2)n1. The van der Waals surface area contributed by atoms with Crippen LogP contribution in [0.1, 0.15) is 0 Å². The highest BCUT2D eigenvalue weighted by atomic mass is 16.5. The largest absolute Gasteiger partial charge is 0.374 e. The molecule has 0 aromatic carbocycles. The molecule has 1 atom stereocenters. The first-order valence-corrected chi connectivity index (χ1v) is 4.90. The molecule has 0 amide bonds. The third-order valence-electron chi connectivity index (χ3n) is 2.23. The second kappa shape index (κ2) is 4.43. The molecule has 1 aliphatic rings. The summed E-state index contributed by atoms with van der Waals surface area (Å²) in [7, 11) is 1.91. The zero-order valence-electron chi connectivity index (χ0n) is 8.36. The van der Waals surface area contributed by atoms with E-state index in [4.69, 9.17) is 4.74 Å². The minimum absolute atomic E-state index is 0.255. The maximum Gasteiger partial charge on any atom is 0.148 e. The van der Waals surface area contributed by atoms with Crippen molar-refractivity contribution in [2.45, 2.75) is 6.10 Å². The number of hydrogen-bond acceptors (Lipinski definition) is 4. The van der Waals surface area contributed by atoms with Crippen molar-refractivity contribution >= 4 is 5.82 Å². The van der Waals surface area contributed by atoms with Gasteiger partial charge in [0, 0.05) is 38.9 Å². The Kier molecular flexibility index (Phi) is 3.00. The van der Waals surface area contributed by atoms with E-state index in [1.165, 1.54) is 0 Å². The Morgan fingerprint density at radius 1 is 1.79 bits per heavy atom. The first-order chi connectivity index (χ1) is 6.84. The quantitative estimate of drug-likeness (QED) is 0.704. The summed E-state index contributed by atoms with van der Waals surface area (Å²) in [4.78, 5) is 0. The maximum atomic E-state index is 5.55. The third kappa shape index (κ3) is 2.46. The molecule has 2 rings (SSSR count). The van der Waals surface area contributed by atoms with Crippen molar-refractivity contribution in [1.82, 2.24) is 15.1 Å². The average molecular weight is 196 g/mol. The van der Waals surface area contributed by atoms with Crippen molar-refractivity contribution in [2.24, 2.45) is 7.05 Å². The number of morpholine rings is 1. The number of anilines is 1. The van der Waals surface area contributed by atoms with Gasteiger partial charge in [-0.3, -0.25) is 4.68 Å². The standard InChI is InChI=1S/C9H16N4O/c1-13-4-2-9(12-13)11-7-8-6-10-3-5-14-8/h2,4,8,10H,3,5-7H2,1H3,(H,11,12). The highest BCUT2D eigenvalue weighted by molar-refractivity contribution is 5.32. The number of nitrogens with zero attached hydrogens (tertiary/aromatic N) is 2. The van der Waals surface area contributed by atoms with Gasteiger partial charge in [-0.25, -0.2) is 0 Å². The molecule has 1 unspecified atom stereocenters. The van der Waals surface area contributed by atoms with Crippen molar-refractivity contribution in [2.75, 3.05) is 31.6 Å². The Bertz CT molecular complexity index is 280. The van der Waals surface area contributed by atoms with Crippen LogP contribution in [0.2, 0.25) is 0 Å². The van der Waals surface area contributed by atoms with Gasteiger partial charge in [0.25, 0.3) is 0 Å². The van der Waals surface area contributed by atoms with Crippen LogP contribution in [-0.2, 0) is 11.8 Å². The van der Waals surface area contributed by atoms with E-state index in [0.29, 0.717) is 0 Å². The van der Waals surface area contributed by atoms with Gasteiger partial charge in [0.2, 0.25) is 0 Å². The highest BCUT2D eigenvalue weighted by Gasteiger charge is 2.12. The summed E-state index contributed by atoms with van der Waals surface area (Å²) >= 11 is 0. The lowest BCUT2D eigenvalue weighted by Gasteiger charge is -2.23. The molecule has 1 aromatic rings. The number of hydrogen-bond donors (Lipinski definition) is 2. The minimum Gasteiger partial charge on any atom is -0.374 e. The van der Waals surface area contributed by atoms with Gasteiger partial charge in [0.15, 0.2) is 0 Å². The second-order valence-corrected chi connectivity index (χ2v) is 3.45. The lowest BCUT2D eigenvalue weighted by atomic mass is 10.3. The van der Waals surface area contributed by atoms with E-state index in [9.17, 15) is 0 Å². The minimum atomic E-state index is 0.255. The normalized spacial score (nSPS) is 22.2. The Hall–Kier alpha value is -1.07. The summed E-state index contributed by atoms with van der Waals surface area (Å²) in [5.41, 5.74) is 0. The molecule has 14 heavy (non-hydrogen) atoms. The second-order valence-electron chi connectivity index (χ2n) is 3.45. The first-order valence-electron chi connectivity index (χ1n) is 4.90. The fraction of sp³-hybridized carbons (Fsp3) is 0.667.